The van der Waals surface area contributed by atoms with E-state index in [4.69, 9.17) is 5.73 Å². The molecule has 3 N–H and O–H groups in total. The molecule has 1 unspecified atom stereocenters. The molecule has 17 heavy (non-hydrogen) atoms. The van der Waals surface area contributed by atoms with Crippen molar-refractivity contribution in [2.24, 2.45) is 0 Å². The van der Waals surface area contributed by atoms with Gasteiger partial charge in [0.1, 0.15) is 5.75 Å². The second-order valence-corrected chi connectivity index (χ2v) is 5.66. The van der Waals surface area contributed by atoms with Crippen molar-refractivity contribution in [1.82, 2.24) is 5.32 Å². The molecule has 1 atom stereocenters. The summed E-state index contributed by atoms with van der Waals surface area (Å²) in [5.41, 5.74) is 7.10. The number of nitrogen functional groups attached to an aromatic ring is 1. The van der Waals surface area contributed by atoms with E-state index in [0.29, 0.717) is 10.6 Å². The summed E-state index contributed by atoms with van der Waals surface area (Å²) < 4.78 is 12.0. The van der Waals surface area contributed by atoms with Crippen molar-refractivity contribution in [3.05, 3.63) is 23.8 Å². The number of nitrogens with two attached hydrogens (primary N) is 1. The maximum Gasteiger partial charge on any atom is 0.233 e. The van der Waals surface area contributed by atoms with Gasteiger partial charge in [0, 0.05) is 16.6 Å². The molecule has 0 aliphatic heterocycles. The van der Waals surface area contributed by atoms with Gasteiger partial charge in [0.05, 0.1) is 10.8 Å². The average molecular weight is 254 g/mol. The van der Waals surface area contributed by atoms with Gasteiger partial charge < -0.3 is 11.1 Å². The molecule has 0 radical (unpaired) electrons. The molecule has 0 spiro atoms. The molecule has 0 fully saturated rings. The van der Waals surface area contributed by atoms with Gasteiger partial charge in [-0.3, -0.25) is 9.00 Å². The van der Waals surface area contributed by atoms with E-state index in [1.54, 1.807) is 18.2 Å². The molecule has 0 aliphatic carbocycles. The lowest BCUT2D eigenvalue weighted by atomic mass is 10.2. The van der Waals surface area contributed by atoms with Gasteiger partial charge in [-0.15, -0.1) is 0 Å². The Labute approximate surface area is 104 Å². The van der Waals surface area contributed by atoms with Crippen LogP contribution in [0.15, 0.2) is 23.1 Å². The lowest BCUT2D eigenvalue weighted by Crippen LogP contribution is -2.33. The standard InChI is InChI=1S/C12H18N2O2S/c1-8(2)14-12(15)7-17(16)11-5-4-10(13)6-9(11)3/h4-6,8H,7,13H2,1-3H3,(H,14,15). The van der Waals surface area contributed by atoms with E-state index in [9.17, 15) is 9.00 Å². The van der Waals surface area contributed by atoms with Crippen LogP contribution in [0.25, 0.3) is 0 Å². The lowest BCUT2D eigenvalue weighted by Gasteiger charge is -2.09. The minimum absolute atomic E-state index is 0.0110. The molecule has 0 aliphatic rings. The summed E-state index contributed by atoms with van der Waals surface area (Å²) in [6.07, 6.45) is 0. The number of rotatable bonds is 4. The van der Waals surface area contributed by atoms with Gasteiger partial charge in [0.2, 0.25) is 5.91 Å². The maximum atomic E-state index is 12.0. The van der Waals surface area contributed by atoms with Gasteiger partial charge >= 0.3 is 0 Å². The van der Waals surface area contributed by atoms with E-state index < -0.39 is 10.8 Å². The SMILES string of the molecule is Cc1cc(N)ccc1S(=O)CC(=O)NC(C)C. The highest BCUT2D eigenvalue weighted by Crippen LogP contribution is 2.16. The Kier molecular flexibility index (Phi) is 4.69. The first-order valence-corrected chi connectivity index (χ1v) is 6.76. The highest BCUT2D eigenvalue weighted by atomic mass is 32.2. The van der Waals surface area contributed by atoms with Crippen LogP contribution in [-0.4, -0.2) is 21.9 Å². The van der Waals surface area contributed by atoms with Crippen LogP contribution in [-0.2, 0) is 15.6 Å². The Morgan fingerprint density at radius 2 is 2.12 bits per heavy atom. The zero-order chi connectivity index (χ0) is 13.0. The van der Waals surface area contributed by atoms with Gasteiger partial charge in [-0.25, -0.2) is 0 Å². The van der Waals surface area contributed by atoms with Crippen LogP contribution >= 0.6 is 0 Å². The Morgan fingerprint density at radius 3 is 2.65 bits per heavy atom. The normalized spacial score (nSPS) is 12.5. The zero-order valence-electron chi connectivity index (χ0n) is 10.3. The van der Waals surface area contributed by atoms with E-state index >= 15 is 0 Å². The summed E-state index contributed by atoms with van der Waals surface area (Å²) in [4.78, 5) is 12.2. The number of carbonyl (C=O) groups is 1. The molecule has 5 heteroatoms. The first kappa shape index (κ1) is 13.7. The number of carbonyl (C=O) groups excluding carboxylic acids is 1. The first-order valence-electron chi connectivity index (χ1n) is 5.44. The molecule has 0 saturated carbocycles. The summed E-state index contributed by atoms with van der Waals surface area (Å²) in [6.45, 7) is 5.58. The molecule has 4 nitrogen and oxygen atoms in total. The van der Waals surface area contributed by atoms with E-state index in [2.05, 4.69) is 5.32 Å². The second-order valence-electron chi connectivity index (χ2n) is 4.24. The molecule has 0 bridgehead atoms. The van der Waals surface area contributed by atoms with Gasteiger partial charge in [0.15, 0.2) is 0 Å². The molecular formula is C12H18N2O2S. The maximum absolute atomic E-state index is 12.0. The summed E-state index contributed by atoms with van der Waals surface area (Å²) in [5.74, 6) is -0.210. The quantitative estimate of drug-likeness (QED) is 0.793. The third-order valence-electron chi connectivity index (χ3n) is 2.16. The van der Waals surface area contributed by atoms with Crippen molar-refractivity contribution in [1.29, 1.82) is 0 Å². The van der Waals surface area contributed by atoms with Crippen LogP contribution in [0.4, 0.5) is 5.69 Å². The van der Waals surface area contributed by atoms with Crippen molar-refractivity contribution in [3.8, 4) is 0 Å². The third-order valence-corrected chi connectivity index (χ3v) is 3.63. The molecule has 1 amide bonds. The molecule has 94 valence electrons. The number of nitrogens with one attached hydrogen (secondary N) is 1. The smallest absolute Gasteiger partial charge is 0.233 e. The van der Waals surface area contributed by atoms with Gasteiger partial charge in [-0.1, -0.05) is 0 Å². The predicted octanol–water partition coefficient (Wildman–Crippen LogP) is 1.21. The average Bonchev–Trinajstić information content (AvgIpc) is 2.15. The number of aryl methyl sites for hydroxylation is 1. The fraction of sp³-hybridized carbons (Fsp3) is 0.417. The van der Waals surface area contributed by atoms with Crippen LogP contribution in [0.2, 0.25) is 0 Å². The molecule has 1 aromatic rings. The highest BCUT2D eigenvalue weighted by molar-refractivity contribution is 7.85. The van der Waals surface area contributed by atoms with Gasteiger partial charge in [-0.05, 0) is 44.5 Å². The monoisotopic (exact) mass is 254 g/mol. The Bertz CT molecular complexity index is 444. The van der Waals surface area contributed by atoms with Crippen LogP contribution in [0.1, 0.15) is 19.4 Å². The fourth-order valence-electron chi connectivity index (χ4n) is 1.49. The van der Waals surface area contributed by atoms with E-state index in [0.717, 1.165) is 5.56 Å². The Balaban J connectivity index is 2.73. The van der Waals surface area contributed by atoms with Crippen LogP contribution < -0.4 is 11.1 Å². The summed E-state index contributed by atoms with van der Waals surface area (Å²) >= 11 is 0. The van der Waals surface area contributed by atoms with Crippen molar-refractivity contribution in [2.45, 2.75) is 31.7 Å². The van der Waals surface area contributed by atoms with Crippen molar-refractivity contribution in [3.63, 3.8) is 0 Å². The highest BCUT2D eigenvalue weighted by Gasteiger charge is 2.12. The number of hydrogen-bond donors (Lipinski definition) is 2. The molecule has 1 aromatic carbocycles. The third kappa shape index (κ3) is 4.19. The van der Waals surface area contributed by atoms with Gasteiger partial charge in [0.25, 0.3) is 0 Å². The summed E-state index contributed by atoms with van der Waals surface area (Å²) in [7, 11) is -1.32. The van der Waals surface area contributed by atoms with E-state index in [1.165, 1.54) is 0 Å². The molecule has 0 heterocycles. The zero-order valence-corrected chi connectivity index (χ0v) is 11.1. The van der Waals surface area contributed by atoms with Crippen molar-refractivity contribution in [2.75, 3.05) is 11.5 Å². The number of benzene rings is 1. The van der Waals surface area contributed by atoms with Crippen molar-refractivity contribution >= 4 is 22.4 Å². The topological polar surface area (TPSA) is 72.2 Å². The van der Waals surface area contributed by atoms with E-state index in [-0.39, 0.29) is 17.7 Å². The first-order chi connectivity index (χ1) is 7.90. The molecule has 0 aromatic heterocycles. The van der Waals surface area contributed by atoms with Crippen LogP contribution in [0.5, 0.6) is 0 Å². The largest absolute Gasteiger partial charge is 0.399 e. The summed E-state index contributed by atoms with van der Waals surface area (Å²) in [5, 5.41) is 2.72. The number of amides is 1. The molecular weight excluding hydrogens is 236 g/mol. The van der Waals surface area contributed by atoms with Crippen LogP contribution in [0, 0.1) is 6.92 Å². The molecule has 0 saturated heterocycles. The Morgan fingerprint density at radius 1 is 1.47 bits per heavy atom. The summed E-state index contributed by atoms with van der Waals surface area (Å²) in [6, 6.07) is 5.23. The molecule has 1 rings (SSSR count). The second kappa shape index (κ2) is 5.82. The predicted molar refractivity (Wildman–Crippen MR) is 70.1 cm³/mol. The minimum Gasteiger partial charge on any atom is -0.399 e. The van der Waals surface area contributed by atoms with Crippen molar-refractivity contribution < 1.29 is 9.00 Å². The minimum atomic E-state index is -1.32. The van der Waals surface area contributed by atoms with E-state index in [1.807, 2.05) is 20.8 Å². The number of anilines is 1. The Hall–Kier alpha value is -1.36. The lowest BCUT2D eigenvalue weighted by molar-refractivity contribution is -0.119. The van der Waals surface area contributed by atoms with Crippen LogP contribution in [0.3, 0.4) is 0 Å². The fourth-order valence-corrected chi connectivity index (χ4v) is 2.60. The number of hydrogen-bond acceptors (Lipinski definition) is 3. The van der Waals surface area contributed by atoms with Gasteiger partial charge in [-0.2, -0.15) is 0 Å².